The van der Waals surface area contributed by atoms with E-state index in [2.05, 4.69) is 6.92 Å². The number of hydrogen-bond donors (Lipinski definition) is 1. The van der Waals surface area contributed by atoms with Gasteiger partial charge in [-0.05, 0) is 48.8 Å². The van der Waals surface area contributed by atoms with Crippen LogP contribution in [0.3, 0.4) is 0 Å². The molecule has 0 aromatic heterocycles. The van der Waals surface area contributed by atoms with Crippen LogP contribution in [0.25, 0.3) is 0 Å². The second-order valence-electron chi connectivity index (χ2n) is 8.46. The molecule has 6 heteroatoms. The number of rotatable bonds is 5. The van der Waals surface area contributed by atoms with Gasteiger partial charge in [-0.25, -0.2) is 8.42 Å². The first-order valence-electron chi connectivity index (χ1n) is 10.3. The van der Waals surface area contributed by atoms with Gasteiger partial charge in [-0.2, -0.15) is 4.31 Å². The minimum atomic E-state index is -3.61. The van der Waals surface area contributed by atoms with Gasteiger partial charge in [0.2, 0.25) is 10.0 Å². The number of fused-ring (bicyclic) bond motifs is 1. The number of nitrogens with zero attached hydrogens (tertiary/aromatic N) is 1. The van der Waals surface area contributed by atoms with E-state index in [0.29, 0.717) is 13.2 Å². The molecule has 2 fully saturated rings. The number of aliphatic hydroxyl groups excluding tert-OH is 1. The Morgan fingerprint density at radius 1 is 1.03 bits per heavy atom. The van der Waals surface area contributed by atoms with Gasteiger partial charge in [0.25, 0.3) is 0 Å². The predicted molar refractivity (Wildman–Crippen MR) is 112 cm³/mol. The number of piperidine rings is 1. The summed E-state index contributed by atoms with van der Waals surface area (Å²) in [6, 6.07) is 17.0. The number of benzene rings is 2. The molecule has 1 heterocycles. The van der Waals surface area contributed by atoms with E-state index in [0.717, 1.165) is 17.5 Å². The lowest BCUT2D eigenvalue weighted by atomic mass is 9.84. The van der Waals surface area contributed by atoms with Crippen molar-refractivity contribution in [1.82, 2.24) is 4.31 Å². The van der Waals surface area contributed by atoms with E-state index >= 15 is 0 Å². The Bertz CT molecular complexity index is 929. The van der Waals surface area contributed by atoms with E-state index in [1.54, 1.807) is 12.1 Å². The highest BCUT2D eigenvalue weighted by Crippen LogP contribution is 2.44. The first-order valence-corrected chi connectivity index (χ1v) is 11.7. The number of hydrogen-bond acceptors (Lipinski definition) is 4. The number of aliphatic hydroxyl groups is 1. The number of sulfonamides is 1. The van der Waals surface area contributed by atoms with Crippen molar-refractivity contribution in [1.29, 1.82) is 0 Å². The van der Waals surface area contributed by atoms with E-state index < -0.39 is 16.1 Å². The molecule has 2 aromatic rings. The van der Waals surface area contributed by atoms with E-state index in [9.17, 15) is 13.5 Å². The van der Waals surface area contributed by atoms with Crippen LogP contribution in [0.5, 0.6) is 0 Å². The molecule has 156 valence electrons. The minimum absolute atomic E-state index is 0.0295. The molecule has 4 rings (SSSR count). The van der Waals surface area contributed by atoms with E-state index in [1.807, 2.05) is 49.4 Å². The van der Waals surface area contributed by atoms with Crippen molar-refractivity contribution in [3.05, 3.63) is 65.7 Å². The first kappa shape index (κ1) is 20.5. The lowest BCUT2D eigenvalue weighted by Crippen LogP contribution is -2.50. The van der Waals surface area contributed by atoms with Crippen LogP contribution in [0.1, 0.15) is 24.5 Å². The van der Waals surface area contributed by atoms with Crippen LogP contribution in [0.4, 0.5) is 0 Å². The molecule has 2 aliphatic rings. The Hall–Kier alpha value is -1.73. The van der Waals surface area contributed by atoms with E-state index in [1.165, 1.54) is 4.31 Å². The zero-order chi connectivity index (χ0) is 20.6. The maximum Gasteiger partial charge on any atom is 0.243 e. The van der Waals surface area contributed by atoms with Crippen LogP contribution < -0.4 is 0 Å². The molecular weight excluding hydrogens is 386 g/mol. The third kappa shape index (κ3) is 4.12. The molecule has 1 aliphatic heterocycles. The third-order valence-electron chi connectivity index (χ3n) is 6.58. The van der Waals surface area contributed by atoms with Gasteiger partial charge in [0.05, 0.1) is 23.7 Å². The molecule has 0 unspecified atom stereocenters. The summed E-state index contributed by atoms with van der Waals surface area (Å²) in [5.74, 6) is 0.365. The largest absolute Gasteiger partial charge is 0.391 e. The monoisotopic (exact) mass is 415 g/mol. The SMILES string of the molecule is Cc1ccc(S(=O)(=O)N2C[C@H]3[C@H](C)[C@@H](OCc4ccccc4)C[C@@H]3[C@H](O)C2)cc1. The highest BCUT2D eigenvalue weighted by molar-refractivity contribution is 7.89. The van der Waals surface area contributed by atoms with Crippen molar-refractivity contribution >= 4 is 10.0 Å². The van der Waals surface area contributed by atoms with Gasteiger partial charge in [0.15, 0.2) is 0 Å². The van der Waals surface area contributed by atoms with Gasteiger partial charge in [0.1, 0.15) is 0 Å². The number of ether oxygens (including phenoxy) is 1. The van der Waals surface area contributed by atoms with Crippen molar-refractivity contribution in [3.63, 3.8) is 0 Å². The first-order chi connectivity index (χ1) is 13.9. The Labute approximate surface area is 173 Å². The van der Waals surface area contributed by atoms with Crippen molar-refractivity contribution < 1.29 is 18.3 Å². The topological polar surface area (TPSA) is 66.8 Å². The molecule has 29 heavy (non-hydrogen) atoms. The second-order valence-corrected chi connectivity index (χ2v) is 10.4. The summed E-state index contributed by atoms with van der Waals surface area (Å²) in [6.45, 7) is 5.17. The summed E-state index contributed by atoms with van der Waals surface area (Å²) >= 11 is 0. The fourth-order valence-electron chi connectivity index (χ4n) is 4.77. The molecular formula is C23H29NO4S. The molecule has 0 radical (unpaired) electrons. The molecule has 0 spiro atoms. The molecule has 1 N–H and O–H groups in total. The van der Waals surface area contributed by atoms with Gasteiger partial charge in [-0.15, -0.1) is 0 Å². The summed E-state index contributed by atoms with van der Waals surface area (Å²) < 4.78 is 33.9. The summed E-state index contributed by atoms with van der Waals surface area (Å²) in [4.78, 5) is 0.288. The molecule has 0 amide bonds. The van der Waals surface area contributed by atoms with Gasteiger partial charge < -0.3 is 9.84 Å². The average molecular weight is 416 g/mol. The van der Waals surface area contributed by atoms with Crippen LogP contribution in [-0.4, -0.2) is 43.1 Å². The molecule has 1 saturated carbocycles. The van der Waals surface area contributed by atoms with Gasteiger partial charge in [-0.1, -0.05) is 55.0 Å². The Morgan fingerprint density at radius 3 is 2.41 bits per heavy atom. The maximum atomic E-state index is 13.1. The van der Waals surface area contributed by atoms with Crippen molar-refractivity contribution in [2.24, 2.45) is 17.8 Å². The van der Waals surface area contributed by atoms with Crippen molar-refractivity contribution in [3.8, 4) is 0 Å². The Kier molecular flexibility index (Phi) is 5.80. The lowest BCUT2D eigenvalue weighted by molar-refractivity contribution is 0.0131. The molecule has 2 aromatic carbocycles. The molecule has 5 atom stereocenters. The third-order valence-corrected chi connectivity index (χ3v) is 8.43. The van der Waals surface area contributed by atoms with Crippen LogP contribution in [0.2, 0.25) is 0 Å². The highest BCUT2D eigenvalue weighted by Gasteiger charge is 2.50. The zero-order valence-electron chi connectivity index (χ0n) is 16.9. The fraction of sp³-hybridized carbons (Fsp3) is 0.478. The normalized spacial score (nSPS) is 30.2. The van der Waals surface area contributed by atoms with Crippen molar-refractivity contribution in [2.45, 2.75) is 44.0 Å². The second kappa shape index (κ2) is 8.19. The van der Waals surface area contributed by atoms with Crippen LogP contribution in [0.15, 0.2) is 59.5 Å². The van der Waals surface area contributed by atoms with Gasteiger partial charge in [-0.3, -0.25) is 0 Å². The zero-order valence-corrected chi connectivity index (χ0v) is 17.8. The number of aryl methyl sites for hydroxylation is 1. The standard InChI is InChI=1S/C23H29NO4S/c1-16-8-10-19(11-9-16)29(26,27)24-13-21-17(2)23(12-20(21)22(25)14-24)28-15-18-6-4-3-5-7-18/h3-11,17,20-23,25H,12-15H2,1-2H3/t17-,20-,21-,22+,23-/m0/s1. The molecule has 1 saturated heterocycles. The fourth-order valence-corrected chi connectivity index (χ4v) is 6.27. The molecule has 5 nitrogen and oxygen atoms in total. The van der Waals surface area contributed by atoms with Gasteiger partial charge in [0, 0.05) is 13.1 Å². The average Bonchev–Trinajstić information content (AvgIpc) is 3.04. The summed E-state index contributed by atoms with van der Waals surface area (Å²) in [5, 5.41) is 10.8. The number of β-amino-alcohol motifs (C(OH)–C–C–N with tert-alkyl or cyclic N) is 1. The van der Waals surface area contributed by atoms with Crippen LogP contribution in [0, 0.1) is 24.7 Å². The van der Waals surface area contributed by atoms with Crippen molar-refractivity contribution in [2.75, 3.05) is 13.1 Å². The Balaban J connectivity index is 1.47. The minimum Gasteiger partial charge on any atom is -0.391 e. The predicted octanol–water partition coefficient (Wildman–Crippen LogP) is 3.22. The maximum absolute atomic E-state index is 13.1. The summed E-state index contributed by atoms with van der Waals surface area (Å²) in [7, 11) is -3.61. The smallest absolute Gasteiger partial charge is 0.243 e. The quantitative estimate of drug-likeness (QED) is 0.814. The summed E-state index contributed by atoms with van der Waals surface area (Å²) in [6.07, 6.45) is 0.141. The molecule has 1 aliphatic carbocycles. The van der Waals surface area contributed by atoms with E-state index in [4.69, 9.17) is 4.74 Å². The Morgan fingerprint density at radius 2 is 1.72 bits per heavy atom. The highest BCUT2D eigenvalue weighted by atomic mass is 32.2. The summed E-state index contributed by atoms with van der Waals surface area (Å²) in [5.41, 5.74) is 2.14. The van der Waals surface area contributed by atoms with Crippen LogP contribution in [-0.2, 0) is 21.4 Å². The van der Waals surface area contributed by atoms with Gasteiger partial charge >= 0.3 is 0 Å². The lowest BCUT2D eigenvalue weighted by Gasteiger charge is -2.39. The van der Waals surface area contributed by atoms with E-state index in [-0.39, 0.29) is 35.3 Å². The molecule has 0 bridgehead atoms. The van der Waals surface area contributed by atoms with Crippen LogP contribution >= 0.6 is 0 Å².